The second kappa shape index (κ2) is 7.82. The fourth-order valence-corrected chi connectivity index (χ4v) is 1.75. The van der Waals surface area contributed by atoms with Crippen LogP contribution in [0.3, 0.4) is 0 Å². The minimum absolute atomic E-state index is 0.113. The molecule has 0 heterocycles. The van der Waals surface area contributed by atoms with Gasteiger partial charge in [0.15, 0.2) is 0 Å². The molecule has 0 spiro atoms. The number of amides is 1. The molecule has 0 unspecified atom stereocenters. The van der Waals surface area contributed by atoms with E-state index in [2.05, 4.69) is 12.2 Å². The highest BCUT2D eigenvalue weighted by Gasteiger charge is 2.01. The van der Waals surface area contributed by atoms with Gasteiger partial charge < -0.3 is 11.1 Å². The Balaban J connectivity index is 2.34. The second-order valence-electron chi connectivity index (χ2n) is 4.30. The number of carbonyl (C=O) groups excluding carboxylic acids is 1. The van der Waals surface area contributed by atoms with Crippen molar-refractivity contribution in [2.24, 2.45) is 5.73 Å². The Kier molecular flexibility index (Phi) is 6.36. The quantitative estimate of drug-likeness (QED) is 0.588. The number of benzene rings is 1. The van der Waals surface area contributed by atoms with Crippen LogP contribution in [0.5, 0.6) is 0 Å². The van der Waals surface area contributed by atoms with Crippen LogP contribution >= 0.6 is 12.2 Å². The summed E-state index contributed by atoms with van der Waals surface area (Å²) in [6.07, 6.45) is 3.81. The van der Waals surface area contributed by atoms with Gasteiger partial charge in [-0.25, -0.2) is 0 Å². The molecule has 1 amide bonds. The summed E-state index contributed by atoms with van der Waals surface area (Å²) in [5.41, 5.74) is 7.42. The number of hydrogen-bond donors (Lipinski definition) is 2. The predicted octanol–water partition coefficient (Wildman–Crippen LogP) is 2.52. The van der Waals surface area contributed by atoms with Gasteiger partial charge in [-0.2, -0.15) is 0 Å². The molecular weight excluding hydrogens is 244 g/mol. The van der Waals surface area contributed by atoms with Crippen LogP contribution in [0.4, 0.5) is 0 Å². The van der Waals surface area contributed by atoms with E-state index in [0.717, 1.165) is 30.4 Å². The summed E-state index contributed by atoms with van der Waals surface area (Å²) in [6.45, 7) is 2.68. The van der Waals surface area contributed by atoms with Crippen molar-refractivity contribution in [1.82, 2.24) is 5.32 Å². The summed E-state index contributed by atoms with van der Waals surface area (Å²) in [5, 5.41) is 2.90. The lowest BCUT2D eigenvalue weighted by Crippen LogP contribution is -2.22. The van der Waals surface area contributed by atoms with E-state index in [-0.39, 0.29) is 5.91 Å². The number of unbranched alkanes of at least 4 members (excludes halogenated alkanes) is 2. The lowest BCUT2D eigenvalue weighted by atomic mass is 10.1. The zero-order valence-corrected chi connectivity index (χ0v) is 11.6. The highest BCUT2D eigenvalue weighted by atomic mass is 32.1. The number of rotatable bonds is 7. The smallest absolute Gasteiger partial charge is 0.220 e. The SMILES string of the molecule is CCCCCC(=O)NCc1ccc(C(N)=S)cc1. The molecule has 1 aromatic rings. The Bertz CT molecular complexity index is 401. The Labute approximate surface area is 114 Å². The summed E-state index contributed by atoms with van der Waals surface area (Å²) >= 11 is 4.88. The van der Waals surface area contributed by atoms with E-state index < -0.39 is 0 Å². The van der Waals surface area contributed by atoms with E-state index >= 15 is 0 Å². The predicted molar refractivity (Wildman–Crippen MR) is 78.3 cm³/mol. The number of nitrogens with one attached hydrogen (secondary N) is 1. The average Bonchev–Trinajstić information content (AvgIpc) is 2.37. The lowest BCUT2D eigenvalue weighted by Gasteiger charge is -2.06. The third-order valence-corrected chi connectivity index (χ3v) is 2.97. The lowest BCUT2D eigenvalue weighted by molar-refractivity contribution is -0.121. The van der Waals surface area contributed by atoms with Crippen molar-refractivity contribution >= 4 is 23.1 Å². The molecule has 0 aromatic heterocycles. The maximum Gasteiger partial charge on any atom is 0.220 e. The van der Waals surface area contributed by atoms with Gasteiger partial charge in [-0.05, 0) is 12.0 Å². The third-order valence-electron chi connectivity index (χ3n) is 2.74. The standard InChI is InChI=1S/C14H20N2OS/c1-2-3-4-5-13(17)16-10-11-6-8-12(9-7-11)14(15)18/h6-9H,2-5,10H2,1H3,(H2,15,18)(H,16,17). The van der Waals surface area contributed by atoms with E-state index in [9.17, 15) is 4.79 Å². The van der Waals surface area contributed by atoms with Crippen LogP contribution in [-0.2, 0) is 11.3 Å². The second-order valence-corrected chi connectivity index (χ2v) is 4.73. The summed E-state index contributed by atoms with van der Waals surface area (Å²) in [4.78, 5) is 11.9. The highest BCUT2D eigenvalue weighted by molar-refractivity contribution is 7.80. The number of carbonyl (C=O) groups is 1. The molecule has 3 N–H and O–H groups in total. The first-order valence-electron chi connectivity index (χ1n) is 6.29. The van der Waals surface area contributed by atoms with Gasteiger partial charge in [-0.3, -0.25) is 4.79 Å². The molecule has 4 heteroatoms. The van der Waals surface area contributed by atoms with E-state index in [0.29, 0.717) is 18.0 Å². The largest absolute Gasteiger partial charge is 0.389 e. The third kappa shape index (κ3) is 5.27. The van der Waals surface area contributed by atoms with Crippen LogP contribution in [0.2, 0.25) is 0 Å². The Morgan fingerprint density at radius 3 is 2.50 bits per heavy atom. The van der Waals surface area contributed by atoms with E-state index in [1.54, 1.807) is 0 Å². The molecule has 98 valence electrons. The summed E-state index contributed by atoms with van der Waals surface area (Å²) in [7, 11) is 0. The fraction of sp³-hybridized carbons (Fsp3) is 0.429. The zero-order valence-electron chi connectivity index (χ0n) is 10.7. The molecular formula is C14H20N2OS. The molecule has 0 aliphatic carbocycles. The maximum absolute atomic E-state index is 11.5. The molecule has 0 bridgehead atoms. The van der Waals surface area contributed by atoms with E-state index in [1.807, 2.05) is 24.3 Å². The molecule has 18 heavy (non-hydrogen) atoms. The van der Waals surface area contributed by atoms with Crippen LogP contribution in [0.1, 0.15) is 43.7 Å². The van der Waals surface area contributed by atoms with Gasteiger partial charge in [-0.1, -0.05) is 56.2 Å². The van der Waals surface area contributed by atoms with Crippen molar-refractivity contribution in [2.45, 2.75) is 39.2 Å². The number of hydrogen-bond acceptors (Lipinski definition) is 2. The van der Waals surface area contributed by atoms with E-state index in [4.69, 9.17) is 18.0 Å². The van der Waals surface area contributed by atoms with Gasteiger partial charge >= 0.3 is 0 Å². The van der Waals surface area contributed by atoms with Crippen molar-refractivity contribution in [2.75, 3.05) is 0 Å². The Hall–Kier alpha value is -1.42. The first kappa shape index (κ1) is 14.6. The van der Waals surface area contributed by atoms with Crippen LogP contribution in [0.15, 0.2) is 24.3 Å². The zero-order chi connectivity index (χ0) is 13.4. The van der Waals surface area contributed by atoms with Gasteiger partial charge in [0.05, 0.1) is 0 Å². The summed E-state index contributed by atoms with van der Waals surface area (Å²) in [5.74, 6) is 0.113. The van der Waals surface area contributed by atoms with Crippen LogP contribution in [0, 0.1) is 0 Å². The Morgan fingerprint density at radius 2 is 1.94 bits per heavy atom. The minimum Gasteiger partial charge on any atom is -0.389 e. The molecule has 0 fully saturated rings. The van der Waals surface area contributed by atoms with Crippen molar-refractivity contribution in [3.63, 3.8) is 0 Å². The molecule has 1 rings (SSSR count). The van der Waals surface area contributed by atoms with Gasteiger partial charge in [0, 0.05) is 18.5 Å². The van der Waals surface area contributed by atoms with Gasteiger partial charge in [-0.15, -0.1) is 0 Å². The summed E-state index contributed by atoms with van der Waals surface area (Å²) in [6, 6.07) is 7.61. The van der Waals surface area contributed by atoms with E-state index in [1.165, 1.54) is 0 Å². The molecule has 0 radical (unpaired) electrons. The molecule has 3 nitrogen and oxygen atoms in total. The first-order chi connectivity index (χ1) is 8.63. The van der Waals surface area contributed by atoms with Crippen molar-refractivity contribution in [1.29, 1.82) is 0 Å². The first-order valence-corrected chi connectivity index (χ1v) is 6.69. The Morgan fingerprint density at radius 1 is 1.28 bits per heavy atom. The monoisotopic (exact) mass is 264 g/mol. The topological polar surface area (TPSA) is 55.1 Å². The molecule has 0 atom stereocenters. The highest BCUT2D eigenvalue weighted by Crippen LogP contribution is 2.05. The van der Waals surface area contributed by atoms with Crippen molar-refractivity contribution in [3.8, 4) is 0 Å². The van der Waals surface area contributed by atoms with Crippen LogP contribution < -0.4 is 11.1 Å². The fourth-order valence-electron chi connectivity index (χ4n) is 1.61. The molecule has 0 aliphatic heterocycles. The average molecular weight is 264 g/mol. The van der Waals surface area contributed by atoms with Crippen LogP contribution in [0.25, 0.3) is 0 Å². The molecule has 0 aliphatic rings. The normalized spacial score (nSPS) is 10.1. The minimum atomic E-state index is 0.113. The van der Waals surface area contributed by atoms with Gasteiger partial charge in [0.1, 0.15) is 4.99 Å². The van der Waals surface area contributed by atoms with Crippen molar-refractivity contribution < 1.29 is 4.79 Å². The van der Waals surface area contributed by atoms with Crippen LogP contribution in [-0.4, -0.2) is 10.9 Å². The van der Waals surface area contributed by atoms with Crippen molar-refractivity contribution in [3.05, 3.63) is 35.4 Å². The number of thiocarbonyl (C=S) groups is 1. The molecule has 1 aromatic carbocycles. The maximum atomic E-state index is 11.5. The molecule has 0 saturated heterocycles. The van der Waals surface area contributed by atoms with Gasteiger partial charge in [0.25, 0.3) is 0 Å². The molecule has 0 saturated carbocycles. The summed E-state index contributed by atoms with van der Waals surface area (Å²) < 4.78 is 0. The number of nitrogens with two attached hydrogens (primary N) is 1. The van der Waals surface area contributed by atoms with Gasteiger partial charge in [0.2, 0.25) is 5.91 Å².